The molecule has 2 aromatic rings. The van der Waals surface area contributed by atoms with Crippen LogP contribution in [-0.4, -0.2) is 25.6 Å². The van der Waals surface area contributed by atoms with Crippen molar-refractivity contribution in [2.45, 2.75) is 6.54 Å². The van der Waals surface area contributed by atoms with Crippen LogP contribution in [0.25, 0.3) is 0 Å². The largest absolute Gasteiger partial charge is 0.496 e. The minimum Gasteiger partial charge on any atom is -0.496 e. The first-order valence-electron chi connectivity index (χ1n) is 7.01. The zero-order valence-electron chi connectivity index (χ0n) is 12.8. The smallest absolute Gasteiger partial charge is 0.338 e. The van der Waals surface area contributed by atoms with Crippen LogP contribution >= 0.6 is 27.5 Å². The van der Waals surface area contributed by atoms with Gasteiger partial charge in [0.15, 0.2) is 6.61 Å². The van der Waals surface area contributed by atoms with Crippen molar-refractivity contribution >= 4 is 39.4 Å². The van der Waals surface area contributed by atoms with E-state index in [0.717, 1.165) is 5.56 Å². The summed E-state index contributed by atoms with van der Waals surface area (Å²) >= 11 is 9.16. The van der Waals surface area contributed by atoms with Gasteiger partial charge in [0.1, 0.15) is 5.75 Å². The molecule has 1 N–H and O–H groups in total. The predicted octanol–water partition coefficient (Wildman–Crippen LogP) is 3.58. The molecule has 0 spiro atoms. The number of rotatable bonds is 6. The maximum Gasteiger partial charge on any atom is 0.338 e. The molecule has 0 aliphatic heterocycles. The highest BCUT2D eigenvalue weighted by Gasteiger charge is 2.12. The summed E-state index contributed by atoms with van der Waals surface area (Å²) in [5.74, 6) is -0.377. The summed E-state index contributed by atoms with van der Waals surface area (Å²) in [7, 11) is 1.53. The van der Waals surface area contributed by atoms with E-state index in [9.17, 15) is 9.59 Å². The Morgan fingerprint density at radius 1 is 1.21 bits per heavy atom. The SMILES string of the molecule is COc1ccc(C(=O)OCC(=O)NCc2cccc(Cl)c2)cc1Br. The number of esters is 1. The molecule has 0 bridgehead atoms. The van der Waals surface area contributed by atoms with Crippen LogP contribution in [0.5, 0.6) is 5.75 Å². The molecule has 0 heterocycles. The van der Waals surface area contributed by atoms with E-state index < -0.39 is 11.9 Å². The summed E-state index contributed by atoms with van der Waals surface area (Å²) in [6, 6.07) is 11.9. The molecule has 0 aromatic heterocycles. The van der Waals surface area contributed by atoms with Crippen molar-refractivity contribution < 1.29 is 19.1 Å². The molecule has 0 radical (unpaired) electrons. The zero-order chi connectivity index (χ0) is 17.5. The van der Waals surface area contributed by atoms with E-state index in [4.69, 9.17) is 21.1 Å². The van der Waals surface area contributed by atoms with Gasteiger partial charge in [-0.3, -0.25) is 4.79 Å². The van der Waals surface area contributed by atoms with Crippen LogP contribution in [0.1, 0.15) is 15.9 Å². The number of carbonyl (C=O) groups excluding carboxylic acids is 2. The third-order valence-corrected chi connectivity index (χ3v) is 3.96. The minimum atomic E-state index is -0.587. The molecule has 5 nitrogen and oxygen atoms in total. The maximum atomic E-state index is 11.9. The standard InChI is InChI=1S/C17H15BrClNO4/c1-23-15-6-5-12(8-14(15)18)17(22)24-10-16(21)20-9-11-3-2-4-13(19)7-11/h2-8H,9-10H2,1H3,(H,20,21). The van der Waals surface area contributed by atoms with Gasteiger partial charge in [0.05, 0.1) is 17.1 Å². The molecule has 0 saturated heterocycles. The van der Waals surface area contributed by atoms with Gasteiger partial charge in [-0.15, -0.1) is 0 Å². The summed E-state index contributed by atoms with van der Waals surface area (Å²) in [6.07, 6.45) is 0. The summed E-state index contributed by atoms with van der Waals surface area (Å²) < 4.78 is 10.7. The number of ether oxygens (including phenoxy) is 2. The number of nitrogens with one attached hydrogen (secondary N) is 1. The van der Waals surface area contributed by atoms with Gasteiger partial charge < -0.3 is 14.8 Å². The molecule has 0 atom stereocenters. The van der Waals surface area contributed by atoms with Crippen molar-refractivity contribution in [3.05, 3.63) is 63.1 Å². The van der Waals surface area contributed by atoms with Gasteiger partial charge in [-0.2, -0.15) is 0 Å². The van der Waals surface area contributed by atoms with E-state index >= 15 is 0 Å². The second-order valence-electron chi connectivity index (χ2n) is 4.83. The van der Waals surface area contributed by atoms with Crippen LogP contribution in [0.2, 0.25) is 5.02 Å². The van der Waals surface area contributed by atoms with Crippen LogP contribution in [0.4, 0.5) is 0 Å². The van der Waals surface area contributed by atoms with Crippen molar-refractivity contribution in [2.75, 3.05) is 13.7 Å². The first-order chi connectivity index (χ1) is 11.5. The second kappa shape index (κ2) is 8.70. The fourth-order valence-corrected chi connectivity index (χ4v) is 2.66. The molecule has 7 heteroatoms. The third-order valence-electron chi connectivity index (χ3n) is 3.10. The number of hydrogen-bond acceptors (Lipinski definition) is 4. The van der Waals surface area contributed by atoms with Gasteiger partial charge in [-0.25, -0.2) is 4.79 Å². The molecule has 0 unspecified atom stereocenters. The number of hydrogen-bond donors (Lipinski definition) is 1. The Balaban J connectivity index is 1.82. The highest BCUT2D eigenvalue weighted by atomic mass is 79.9. The summed E-state index contributed by atoms with van der Waals surface area (Å²) in [4.78, 5) is 23.7. The topological polar surface area (TPSA) is 64.6 Å². The number of benzene rings is 2. The van der Waals surface area contributed by atoms with Crippen molar-refractivity contribution in [3.8, 4) is 5.75 Å². The Hall–Kier alpha value is -2.05. The predicted molar refractivity (Wildman–Crippen MR) is 94.3 cm³/mol. The number of amides is 1. The average molecular weight is 413 g/mol. The summed E-state index contributed by atoms with van der Waals surface area (Å²) in [6.45, 7) is -0.0475. The summed E-state index contributed by atoms with van der Waals surface area (Å²) in [5, 5.41) is 3.25. The zero-order valence-corrected chi connectivity index (χ0v) is 15.2. The number of carbonyl (C=O) groups is 2. The molecule has 0 aliphatic carbocycles. The molecule has 2 rings (SSSR count). The van der Waals surface area contributed by atoms with Crippen LogP contribution in [0.3, 0.4) is 0 Å². The normalized spacial score (nSPS) is 10.1. The Kier molecular flexibility index (Phi) is 6.63. The monoisotopic (exact) mass is 411 g/mol. The lowest BCUT2D eigenvalue weighted by Gasteiger charge is -2.08. The Bertz CT molecular complexity index is 751. The van der Waals surface area contributed by atoms with Gasteiger partial charge >= 0.3 is 5.97 Å². The molecule has 126 valence electrons. The fraction of sp³-hybridized carbons (Fsp3) is 0.176. The lowest BCUT2D eigenvalue weighted by molar-refractivity contribution is -0.124. The lowest BCUT2D eigenvalue weighted by Crippen LogP contribution is -2.28. The van der Waals surface area contributed by atoms with E-state index in [1.807, 2.05) is 6.07 Å². The first kappa shape index (κ1) is 18.3. The van der Waals surface area contributed by atoms with E-state index in [0.29, 0.717) is 27.4 Å². The van der Waals surface area contributed by atoms with Crippen molar-refractivity contribution in [1.29, 1.82) is 0 Å². The van der Waals surface area contributed by atoms with E-state index in [1.165, 1.54) is 7.11 Å². The van der Waals surface area contributed by atoms with Crippen LogP contribution in [-0.2, 0) is 16.1 Å². The average Bonchev–Trinajstić information content (AvgIpc) is 2.57. The van der Waals surface area contributed by atoms with Gasteiger partial charge in [0, 0.05) is 11.6 Å². The quantitative estimate of drug-likeness (QED) is 0.737. The van der Waals surface area contributed by atoms with E-state index in [-0.39, 0.29) is 6.61 Å². The van der Waals surface area contributed by atoms with Crippen molar-refractivity contribution in [3.63, 3.8) is 0 Å². The highest BCUT2D eigenvalue weighted by molar-refractivity contribution is 9.10. The molecule has 0 aliphatic rings. The summed E-state index contributed by atoms with van der Waals surface area (Å²) in [5.41, 5.74) is 1.19. The molecular formula is C17H15BrClNO4. The minimum absolute atomic E-state index is 0.311. The molecule has 0 saturated carbocycles. The second-order valence-corrected chi connectivity index (χ2v) is 6.12. The molecule has 24 heavy (non-hydrogen) atoms. The lowest BCUT2D eigenvalue weighted by atomic mass is 10.2. The van der Waals surface area contributed by atoms with E-state index in [1.54, 1.807) is 36.4 Å². The van der Waals surface area contributed by atoms with E-state index in [2.05, 4.69) is 21.2 Å². The van der Waals surface area contributed by atoms with Crippen molar-refractivity contribution in [2.24, 2.45) is 0 Å². The molecule has 0 fully saturated rings. The highest BCUT2D eigenvalue weighted by Crippen LogP contribution is 2.25. The fourth-order valence-electron chi connectivity index (χ4n) is 1.91. The molecule has 2 aromatic carbocycles. The number of halogens is 2. The third kappa shape index (κ3) is 5.25. The van der Waals surface area contributed by atoms with Crippen LogP contribution < -0.4 is 10.1 Å². The van der Waals surface area contributed by atoms with Crippen LogP contribution in [0.15, 0.2) is 46.9 Å². The van der Waals surface area contributed by atoms with Crippen molar-refractivity contribution in [1.82, 2.24) is 5.32 Å². The first-order valence-corrected chi connectivity index (χ1v) is 8.18. The van der Waals surface area contributed by atoms with Gasteiger partial charge in [0.25, 0.3) is 5.91 Å². The maximum absolute atomic E-state index is 11.9. The number of methoxy groups -OCH3 is 1. The Morgan fingerprint density at radius 2 is 2.00 bits per heavy atom. The van der Waals surface area contributed by atoms with Gasteiger partial charge in [-0.05, 0) is 51.8 Å². The molecular weight excluding hydrogens is 398 g/mol. The Labute approximate surface area is 153 Å². The molecule has 1 amide bonds. The van der Waals surface area contributed by atoms with Crippen LogP contribution in [0, 0.1) is 0 Å². The Morgan fingerprint density at radius 3 is 2.67 bits per heavy atom. The van der Waals surface area contributed by atoms with Gasteiger partial charge in [-0.1, -0.05) is 23.7 Å². The van der Waals surface area contributed by atoms with Gasteiger partial charge in [0.2, 0.25) is 0 Å².